The van der Waals surface area contributed by atoms with E-state index in [1.807, 2.05) is 0 Å². The largest absolute Gasteiger partial charge is 0.388 e. The summed E-state index contributed by atoms with van der Waals surface area (Å²) in [5.74, 6) is 0. The summed E-state index contributed by atoms with van der Waals surface area (Å²) in [4.78, 5) is 9.88. The van der Waals surface area contributed by atoms with Crippen LogP contribution in [0.2, 0.25) is 0 Å². The van der Waals surface area contributed by atoms with Gasteiger partial charge in [-0.1, -0.05) is 12.8 Å². The number of rotatable bonds is 3. The predicted octanol–water partition coefficient (Wildman–Crippen LogP) is 0.0375. The maximum atomic E-state index is 9.88. The number of nitrogens with one attached hydrogen (secondary N) is 1. The van der Waals surface area contributed by atoms with Gasteiger partial charge in [0.1, 0.15) is 0 Å². The molecular formula is C7H13NO2. The van der Waals surface area contributed by atoms with Crippen LogP contribution in [0, 0.1) is 0 Å². The number of hydrogen-bond acceptors (Lipinski definition) is 2. The Morgan fingerprint density at radius 3 is 2.60 bits per heavy atom. The van der Waals surface area contributed by atoms with Gasteiger partial charge in [0.25, 0.3) is 0 Å². The molecule has 1 fully saturated rings. The van der Waals surface area contributed by atoms with Crippen LogP contribution < -0.4 is 5.32 Å². The van der Waals surface area contributed by atoms with Gasteiger partial charge in [-0.05, 0) is 12.8 Å². The van der Waals surface area contributed by atoms with Crippen LogP contribution in [0.5, 0.6) is 0 Å². The minimum atomic E-state index is -0.596. The first-order chi connectivity index (χ1) is 4.77. The van der Waals surface area contributed by atoms with Gasteiger partial charge in [0, 0.05) is 6.54 Å². The van der Waals surface area contributed by atoms with Gasteiger partial charge in [0.05, 0.1) is 5.60 Å². The summed E-state index contributed by atoms with van der Waals surface area (Å²) in [6, 6.07) is 0. The fraction of sp³-hybridized carbons (Fsp3) is 0.857. The average Bonchev–Trinajstić information content (AvgIpc) is 2.33. The first kappa shape index (κ1) is 7.54. The van der Waals surface area contributed by atoms with E-state index in [-0.39, 0.29) is 0 Å². The van der Waals surface area contributed by atoms with Crippen molar-refractivity contribution < 1.29 is 9.90 Å². The van der Waals surface area contributed by atoms with Gasteiger partial charge >= 0.3 is 0 Å². The number of carbonyl (C=O) groups excluding carboxylic acids is 1. The molecule has 0 atom stereocenters. The Kier molecular flexibility index (Phi) is 2.27. The van der Waals surface area contributed by atoms with Gasteiger partial charge in [-0.3, -0.25) is 4.79 Å². The lowest BCUT2D eigenvalue weighted by molar-refractivity contribution is -0.110. The lowest BCUT2D eigenvalue weighted by Gasteiger charge is -2.20. The molecule has 3 nitrogen and oxygen atoms in total. The van der Waals surface area contributed by atoms with E-state index in [0.29, 0.717) is 13.0 Å². The summed E-state index contributed by atoms with van der Waals surface area (Å²) < 4.78 is 0. The van der Waals surface area contributed by atoms with Gasteiger partial charge < -0.3 is 10.4 Å². The third-order valence-electron chi connectivity index (χ3n) is 2.05. The first-order valence-corrected chi connectivity index (χ1v) is 3.66. The van der Waals surface area contributed by atoms with Crippen molar-refractivity contribution in [2.45, 2.75) is 31.3 Å². The van der Waals surface area contributed by atoms with Gasteiger partial charge in [-0.15, -0.1) is 0 Å². The number of carbonyl (C=O) groups is 1. The lowest BCUT2D eigenvalue weighted by atomic mass is 10.0. The van der Waals surface area contributed by atoms with Crippen LogP contribution in [0.25, 0.3) is 0 Å². The molecule has 0 heterocycles. The molecule has 1 saturated carbocycles. The summed E-state index contributed by atoms with van der Waals surface area (Å²) in [6.45, 7) is 0.413. The standard InChI is InChI=1S/C7H13NO2/c9-6-8-5-7(10)3-1-2-4-7/h6,10H,1-5H2,(H,8,9). The van der Waals surface area contributed by atoms with Gasteiger partial charge in [-0.25, -0.2) is 0 Å². The average molecular weight is 143 g/mol. The van der Waals surface area contributed by atoms with Crippen molar-refractivity contribution in [1.29, 1.82) is 0 Å². The molecular weight excluding hydrogens is 130 g/mol. The summed E-state index contributed by atoms with van der Waals surface area (Å²) >= 11 is 0. The van der Waals surface area contributed by atoms with E-state index in [2.05, 4.69) is 5.32 Å². The van der Waals surface area contributed by atoms with E-state index in [9.17, 15) is 9.90 Å². The number of hydrogen-bond donors (Lipinski definition) is 2. The minimum Gasteiger partial charge on any atom is -0.388 e. The Morgan fingerprint density at radius 2 is 2.10 bits per heavy atom. The summed E-state index contributed by atoms with van der Waals surface area (Å²) in [6.07, 6.45) is 4.45. The highest BCUT2D eigenvalue weighted by Gasteiger charge is 2.30. The van der Waals surface area contributed by atoms with Crippen molar-refractivity contribution in [1.82, 2.24) is 5.32 Å². The Morgan fingerprint density at radius 1 is 1.50 bits per heavy atom. The quantitative estimate of drug-likeness (QED) is 0.548. The first-order valence-electron chi connectivity index (χ1n) is 3.66. The van der Waals surface area contributed by atoms with E-state index < -0.39 is 5.60 Å². The maximum Gasteiger partial charge on any atom is 0.207 e. The van der Waals surface area contributed by atoms with E-state index >= 15 is 0 Å². The van der Waals surface area contributed by atoms with Crippen molar-refractivity contribution in [2.24, 2.45) is 0 Å². The van der Waals surface area contributed by atoms with Crippen LogP contribution in [0.4, 0.5) is 0 Å². The minimum absolute atomic E-state index is 0.413. The molecule has 3 heteroatoms. The van der Waals surface area contributed by atoms with Crippen molar-refractivity contribution >= 4 is 6.41 Å². The highest BCUT2D eigenvalue weighted by molar-refractivity contribution is 5.46. The lowest BCUT2D eigenvalue weighted by Crippen LogP contribution is -2.37. The van der Waals surface area contributed by atoms with Crippen LogP contribution in [-0.4, -0.2) is 23.7 Å². The number of aliphatic hydroxyl groups is 1. The molecule has 58 valence electrons. The monoisotopic (exact) mass is 143 g/mol. The molecule has 0 radical (unpaired) electrons. The van der Waals surface area contributed by atoms with Crippen LogP contribution in [0.3, 0.4) is 0 Å². The highest BCUT2D eigenvalue weighted by atomic mass is 16.3. The smallest absolute Gasteiger partial charge is 0.207 e. The van der Waals surface area contributed by atoms with Crippen LogP contribution in [0.1, 0.15) is 25.7 Å². The van der Waals surface area contributed by atoms with Crippen molar-refractivity contribution in [3.63, 3.8) is 0 Å². The fourth-order valence-corrected chi connectivity index (χ4v) is 1.44. The summed E-state index contributed by atoms with van der Waals surface area (Å²) in [5, 5.41) is 12.1. The van der Waals surface area contributed by atoms with Crippen LogP contribution in [-0.2, 0) is 4.79 Å². The molecule has 1 rings (SSSR count). The van der Waals surface area contributed by atoms with E-state index in [0.717, 1.165) is 25.7 Å². The molecule has 1 amide bonds. The second-order valence-corrected chi connectivity index (χ2v) is 2.93. The predicted molar refractivity (Wildman–Crippen MR) is 37.5 cm³/mol. The molecule has 0 bridgehead atoms. The molecule has 2 N–H and O–H groups in total. The van der Waals surface area contributed by atoms with E-state index in [1.54, 1.807) is 0 Å². The molecule has 0 aromatic rings. The summed E-state index contributed by atoms with van der Waals surface area (Å²) in [7, 11) is 0. The molecule has 10 heavy (non-hydrogen) atoms. The Labute approximate surface area is 60.4 Å². The second kappa shape index (κ2) is 3.01. The van der Waals surface area contributed by atoms with Gasteiger partial charge in [0.15, 0.2) is 0 Å². The van der Waals surface area contributed by atoms with Crippen LogP contribution in [0.15, 0.2) is 0 Å². The maximum absolute atomic E-state index is 9.88. The molecule has 0 aliphatic heterocycles. The second-order valence-electron chi connectivity index (χ2n) is 2.93. The number of amides is 1. The van der Waals surface area contributed by atoms with Crippen molar-refractivity contribution in [3.8, 4) is 0 Å². The van der Waals surface area contributed by atoms with Gasteiger partial charge in [0.2, 0.25) is 6.41 Å². The zero-order valence-electron chi connectivity index (χ0n) is 5.97. The molecule has 0 saturated heterocycles. The Bertz CT molecular complexity index is 119. The zero-order valence-corrected chi connectivity index (χ0v) is 5.97. The van der Waals surface area contributed by atoms with Gasteiger partial charge in [-0.2, -0.15) is 0 Å². The zero-order chi connectivity index (χ0) is 7.45. The Balaban J connectivity index is 2.28. The SMILES string of the molecule is O=CNCC1(O)CCCC1. The normalized spacial score (nSPS) is 22.5. The fourth-order valence-electron chi connectivity index (χ4n) is 1.44. The molecule has 0 unspecified atom stereocenters. The highest BCUT2D eigenvalue weighted by Crippen LogP contribution is 2.28. The third-order valence-corrected chi connectivity index (χ3v) is 2.05. The van der Waals surface area contributed by atoms with E-state index in [1.165, 1.54) is 0 Å². The van der Waals surface area contributed by atoms with Crippen LogP contribution >= 0.6 is 0 Å². The molecule has 0 aromatic heterocycles. The molecule has 1 aliphatic carbocycles. The molecule has 1 aliphatic rings. The van der Waals surface area contributed by atoms with Crippen molar-refractivity contribution in [2.75, 3.05) is 6.54 Å². The van der Waals surface area contributed by atoms with E-state index in [4.69, 9.17) is 0 Å². The topological polar surface area (TPSA) is 49.3 Å². The molecule has 0 spiro atoms. The summed E-state index contributed by atoms with van der Waals surface area (Å²) in [5.41, 5.74) is -0.596. The third kappa shape index (κ3) is 1.70. The Hall–Kier alpha value is -0.570. The van der Waals surface area contributed by atoms with Crippen molar-refractivity contribution in [3.05, 3.63) is 0 Å². The molecule has 0 aromatic carbocycles.